The molecule has 0 unspecified atom stereocenters. The largest absolute Gasteiger partial charge is 0.508 e. The monoisotopic (exact) mass is 361 g/mol. The van der Waals surface area contributed by atoms with E-state index in [1.807, 2.05) is 17.0 Å². The van der Waals surface area contributed by atoms with Crippen molar-refractivity contribution in [1.29, 1.82) is 0 Å². The van der Waals surface area contributed by atoms with E-state index in [1.165, 1.54) is 0 Å². The molecule has 0 aliphatic carbocycles. The van der Waals surface area contributed by atoms with Crippen LogP contribution in [-0.2, 0) is 17.8 Å². The van der Waals surface area contributed by atoms with E-state index in [1.54, 1.807) is 0 Å². The Bertz CT molecular complexity index is 597. The lowest BCUT2D eigenvalue weighted by molar-refractivity contribution is -0.137. The highest BCUT2D eigenvalue weighted by Crippen LogP contribution is 2.34. The lowest BCUT2D eigenvalue weighted by Crippen LogP contribution is -2.38. The zero-order valence-corrected chi connectivity index (χ0v) is 16.9. The third-order valence-electron chi connectivity index (χ3n) is 5.07. The second-order valence-electron chi connectivity index (χ2n) is 7.90. The minimum atomic E-state index is 0.0874. The molecule has 1 amide bonds. The first kappa shape index (κ1) is 20.6. The summed E-state index contributed by atoms with van der Waals surface area (Å²) in [5.41, 5.74) is 1.86. The van der Waals surface area contributed by atoms with Crippen molar-refractivity contribution in [2.24, 2.45) is 11.8 Å². The van der Waals surface area contributed by atoms with Crippen LogP contribution < -0.4 is 4.74 Å². The number of aromatic hydroxyl groups is 1. The quantitative estimate of drug-likeness (QED) is 0.715. The maximum absolute atomic E-state index is 13.1. The molecule has 0 fully saturated rings. The normalized spacial score (nSPS) is 15.1. The third-order valence-corrected chi connectivity index (χ3v) is 5.07. The summed E-state index contributed by atoms with van der Waals surface area (Å²) in [6.45, 7) is 10.5. The molecule has 1 atom stereocenters. The average molecular weight is 362 g/mol. The van der Waals surface area contributed by atoms with Crippen LogP contribution >= 0.6 is 0 Å². The first-order chi connectivity index (χ1) is 12.5. The van der Waals surface area contributed by atoms with Crippen molar-refractivity contribution in [1.82, 2.24) is 4.90 Å². The highest BCUT2D eigenvalue weighted by atomic mass is 16.5. The van der Waals surface area contributed by atoms with Gasteiger partial charge in [-0.15, -0.1) is 0 Å². The molecule has 1 N–H and O–H groups in total. The number of hydrogen-bond acceptors (Lipinski definition) is 3. The lowest BCUT2D eigenvalue weighted by atomic mass is 9.97. The topological polar surface area (TPSA) is 49.8 Å². The van der Waals surface area contributed by atoms with E-state index in [4.69, 9.17) is 4.74 Å². The number of carbonyl (C=O) groups is 1. The molecule has 4 heteroatoms. The Labute approximate surface area is 158 Å². The molecule has 1 heterocycles. The van der Waals surface area contributed by atoms with Crippen LogP contribution in [0.5, 0.6) is 11.5 Å². The first-order valence-corrected chi connectivity index (χ1v) is 10.2. The van der Waals surface area contributed by atoms with Crippen LogP contribution in [0.2, 0.25) is 0 Å². The Kier molecular flexibility index (Phi) is 7.80. The number of hydrogen-bond donors (Lipinski definition) is 1. The van der Waals surface area contributed by atoms with Gasteiger partial charge in [0.25, 0.3) is 0 Å². The summed E-state index contributed by atoms with van der Waals surface area (Å²) in [5.74, 6) is 1.82. The second-order valence-corrected chi connectivity index (χ2v) is 7.90. The minimum Gasteiger partial charge on any atom is -0.508 e. The predicted octanol–water partition coefficient (Wildman–Crippen LogP) is 4.92. The standard InChI is InChI=1S/C22H35NO3/c1-5-9-18(6-2)22(25)23(14-16(3)4)15-17-12-20(24)19-10-7-8-11-26-21(19)13-17/h12-13,16,18,24H,5-11,14-15H2,1-4H3/t18-/m0/s1. The maximum Gasteiger partial charge on any atom is 0.225 e. The van der Waals surface area contributed by atoms with Crippen LogP contribution in [0.15, 0.2) is 12.1 Å². The summed E-state index contributed by atoms with van der Waals surface area (Å²) in [4.78, 5) is 15.0. The zero-order valence-electron chi connectivity index (χ0n) is 16.9. The highest BCUT2D eigenvalue weighted by molar-refractivity contribution is 5.78. The van der Waals surface area contributed by atoms with Gasteiger partial charge >= 0.3 is 0 Å². The van der Waals surface area contributed by atoms with E-state index >= 15 is 0 Å². The van der Waals surface area contributed by atoms with Crippen molar-refractivity contribution in [3.63, 3.8) is 0 Å². The Hall–Kier alpha value is -1.71. The van der Waals surface area contributed by atoms with Crippen molar-refractivity contribution >= 4 is 5.91 Å². The van der Waals surface area contributed by atoms with Crippen molar-refractivity contribution in [2.45, 2.75) is 72.8 Å². The molecule has 0 saturated carbocycles. The van der Waals surface area contributed by atoms with Crippen molar-refractivity contribution in [3.8, 4) is 11.5 Å². The van der Waals surface area contributed by atoms with Gasteiger partial charge in [0.1, 0.15) is 11.5 Å². The van der Waals surface area contributed by atoms with E-state index in [-0.39, 0.29) is 11.8 Å². The van der Waals surface area contributed by atoms with Gasteiger partial charge in [0, 0.05) is 24.6 Å². The van der Waals surface area contributed by atoms with Crippen LogP contribution in [0.25, 0.3) is 0 Å². The number of phenolic OH excluding ortho intramolecular Hbond substituents is 1. The van der Waals surface area contributed by atoms with Gasteiger partial charge in [-0.3, -0.25) is 4.79 Å². The molecule has 0 aromatic heterocycles. The molecule has 1 aliphatic rings. The molecule has 1 aliphatic heterocycles. The lowest BCUT2D eigenvalue weighted by Gasteiger charge is -2.29. The Morgan fingerprint density at radius 1 is 1.27 bits per heavy atom. The van der Waals surface area contributed by atoms with Crippen LogP contribution in [0, 0.1) is 11.8 Å². The fraction of sp³-hybridized carbons (Fsp3) is 0.682. The Morgan fingerprint density at radius 3 is 2.69 bits per heavy atom. The molecule has 0 spiro atoms. The summed E-state index contributed by atoms with van der Waals surface area (Å²) < 4.78 is 5.84. The summed E-state index contributed by atoms with van der Waals surface area (Å²) in [6, 6.07) is 3.83. The molecule has 2 rings (SSSR count). The Morgan fingerprint density at radius 2 is 2.04 bits per heavy atom. The fourth-order valence-electron chi connectivity index (χ4n) is 3.75. The molecule has 4 nitrogen and oxygen atoms in total. The number of phenols is 1. The third kappa shape index (κ3) is 5.39. The molecule has 26 heavy (non-hydrogen) atoms. The molecule has 0 saturated heterocycles. The molecule has 146 valence electrons. The molecule has 1 aromatic carbocycles. The van der Waals surface area contributed by atoms with Gasteiger partial charge in [-0.1, -0.05) is 34.1 Å². The van der Waals surface area contributed by atoms with Crippen molar-refractivity contribution in [3.05, 3.63) is 23.3 Å². The SMILES string of the molecule is CCC[C@H](CC)C(=O)N(Cc1cc(O)c2c(c1)OCCCC2)CC(C)C. The van der Waals surface area contributed by atoms with Gasteiger partial charge in [-0.25, -0.2) is 0 Å². The van der Waals surface area contributed by atoms with Crippen LogP contribution in [0.1, 0.15) is 70.9 Å². The van der Waals surface area contributed by atoms with Crippen LogP contribution in [0.4, 0.5) is 0 Å². The minimum absolute atomic E-state index is 0.0874. The van der Waals surface area contributed by atoms with Gasteiger partial charge in [0.15, 0.2) is 0 Å². The molecular weight excluding hydrogens is 326 g/mol. The van der Waals surface area contributed by atoms with E-state index in [0.717, 1.165) is 61.9 Å². The van der Waals surface area contributed by atoms with Crippen molar-refractivity contribution < 1.29 is 14.6 Å². The van der Waals surface area contributed by atoms with Gasteiger partial charge < -0.3 is 14.7 Å². The van der Waals surface area contributed by atoms with Crippen LogP contribution in [0.3, 0.4) is 0 Å². The van der Waals surface area contributed by atoms with Crippen LogP contribution in [-0.4, -0.2) is 29.1 Å². The molecular formula is C22H35NO3. The highest BCUT2D eigenvalue weighted by Gasteiger charge is 2.24. The van der Waals surface area contributed by atoms with E-state index in [9.17, 15) is 9.90 Å². The number of ether oxygens (including phenoxy) is 1. The van der Waals surface area contributed by atoms with E-state index in [0.29, 0.717) is 24.8 Å². The van der Waals surface area contributed by atoms with Gasteiger partial charge in [-0.05, 0) is 55.7 Å². The number of carbonyl (C=O) groups excluding carboxylic acids is 1. The first-order valence-electron chi connectivity index (χ1n) is 10.2. The van der Waals surface area contributed by atoms with Gasteiger partial charge in [0.05, 0.1) is 6.61 Å². The average Bonchev–Trinajstić information content (AvgIpc) is 2.84. The number of benzene rings is 1. The summed E-state index contributed by atoms with van der Waals surface area (Å²) in [6.07, 6.45) is 5.73. The van der Waals surface area contributed by atoms with E-state index in [2.05, 4.69) is 27.7 Å². The summed E-state index contributed by atoms with van der Waals surface area (Å²) in [7, 11) is 0. The number of rotatable bonds is 8. The van der Waals surface area contributed by atoms with Gasteiger partial charge in [0.2, 0.25) is 5.91 Å². The van der Waals surface area contributed by atoms with E-state index < -0.39 is 0 Å². The number of nitrogens with zero attached hydrogens (tertiary/aromatic N) is 1. The molecule has 0 bridgehead atoms. The Balaban J connectivity index is 2.23. The smallest absolute Gasteiger partial charge is 0.225 e. The fourth-order valence-corrected chi connectivity index (χ4v) is 3.75. The van der Waals surface area contributed by atoms with Crippen molar-refractivity contribution in [2.75, 3.05) is 13.2 Å². The predicted molar refractivity (Wildman–Crippen MR) is 105 cm³/mol. The summed E-state index contributed by atoms with van der Waals surface area (Å²) >= 11 is 0. The summed E-state index contributed by atoms with van der Waals surface area (Å²) in [5, 5.41) is 10.5. The molecule has 0 radical (unpaired) electrons. The maximum atomic E-state index is 13.1. The van der Waals surface area contributed by atoms with Gasteiger partial charge in [-0.2, -0.15) is 0 Å². The molecule has 1 aromatic rings. The number of fused-ring (bicyclic) bond motifs is 1. The second kappa shape index (κ2) is 9.84. The zero-order chi connectivity index (χ0) is 19.1. The number of amides is 1.